The minimum Gasteiger partial charge on any atom is -0.493 e. The number of anilines is 1. The Morgan fingerprint density at radius 1 is 1.03 bits per heavy atom. The molecule has 3 rings (SSSR count). The van der Waals surface area contributed by atoms with Gasteiger partial charge in [0, 0.05) is 0 Å². The molecule has 0 spiro atoms. The molecule has 0 saturated heterocycles. The van der Waals surface area contributed by atoms with Crippen LogP contribution in [0.1, 0.15) is 34.2 Å². The molecule has 0 radical (unpaired) electrons. The van der Waals surface area contributed by atoms with Crippen molar-refractivity contribution >= 4 is 17.6 Å². The van der Waals surface area contributed by atoms with Gasteiger partial charge in [0.05, 0.1) is 42.0 Å². The minimum absolute atomic E-state index is 0.262. The highest BCUT2D eigenvalue weighted by Crippen LogP contribution is 2.28. The molecule has 1 amide bonds. The molecule has 0 unspecified atom stereocenters. The molecule has 32 heavy (non-hydrogen) atoms. The lowest BCUT2D eigenvalue weighted by atomic mass is 10.2. The third-order valence-electron chi connectivity index (χ3n) is 4.87. The highest BCUT2D eigenvalue weighted by Gasteiger charge is 2.18. The van der Waals surface area contributed by atoms with Crippen LogP contribution in [0.15, 0.2) is 42.5 Å². The van der Waals surface area contributed by atoms with E-state index in [2.05, 4.69) is 10.4 Å². The molecule has 0 atom stereocenters. The number of aromatic nitrogens is 2. The van der Waals surface area contributed by atoms with Gasteiger partial charge in [-0.2, -0.15) is 5.10 Å². The van der Waals surface area contributed by atoms with E-state index in [0.29, 0.717) is 29.5 Å². The van der Waals surface area contributed by atoms with Crippen LogP contribution in [0, 0.1) is 20.8 Å². The van der Waals surface area contributed by atoms with Crippen LogP contribution in [0.25, 0.3) is 5.69 Å². The highest BCUT2D eigenvalue weighted by molar-refractivity contribution is 5.96. The molecular weight excluding hydrogens is 410 g/mol. The molecule has 0 aliphatic heterocycles. The fourth-order valence-corrected chi connectivity index (χ4v) is 3.22. The van der Waals surface area contributed by atoms with E-state index in [-0.39, 0.29) is 5.56 Å². The van der Waals surface area contributed by atoms with Crippen molar-refractivity contribution in [3.8, 4) is 17.2 Å². The first-order chi connectivity index (χ1) is 15.3. The Morgan fingerprint density at radius 2 is 1.75 bits per heavy atom. The van der Waals surface area contributed by atoms with Gasteiger partial charge in [0.1, 0.15) is 0 Å². The number of aryl methyl sites for hydroxylation is 2. The van der Waals surface area contributed by atoms with Crippen molar-refractivity contribution in [2.24, 2.45) is 0 Å². The molecule has 2 aromatic carbocycles. The third kappa shape index (κ3) is 5.08. The van der Waals surface area contributed by atoms with Gasteiger partial charge in [-0.1, -0.05) is 17.7 Å². The van der Waals surface area contributed by atoms with Gasteiger partial charge in [-0.05, 0) is 58.0 Å². The number of carbonyl (C=O) groups is 2. The van der Waals surface area contributed by atoms with E-state index >= 15 is 0 Å². The summed E-state index contributed by atoms with van der Waals surface area (Å²) in [4.78, 5) is 24.8. The van der Waals surface area contributed by atoms with Gasteiger partial charge in [-0.25, -0.2) is 9.48 Å². The number of hydrogen-bond acceptors (Lipinski definition) is 6. The average Bonchev–Trinajstić information content (AvgIpc) is 3.06. The van der Waals surface area contributed by atoms with Gasteiger partial charge in [0.25, 0.3) is 5.91 Å². The van der Waals surface area contributed by atoms with Crippen LogP contribution in [-0.4, -0.2) is 42.0 Å². The molecule has 168 valence electrons. The van der Waals surface area contributed by atoms with Crippen molar-refractivity contribution in [1.82, 2.24) is 9.78 Å². The molecule has 0 fully saturated rings. The van der Waals surface area contributed by atoms with Crippen molar-refractivity contribution < 1.29 is 23.8 Å². The predicted octanol–water partition coefficient (Wildman–Crippen LogP) is 4.00. The van der Waals surface area contributed by atoms with Gasteiger partial charge in [-0.15, -0.1) is 0 Å². The van der Waals surface area contributed by atoms with Crippen molar-refractivity contribution in [2.75, 3.05) is 25.6 Å². The van der Waals surface area contributed by atoms with E-state index in [0.717, 1.165) is 16.9 Å². The van der Waals surface area contributed by atoms with Gasteiger partial charge in [-0.3, -0.25) is 4.79 Å². The molecule has 1 N–H and O–H groups in total. The standard InChI is InChI=1S/C24H27N3O5/c1-6-31-20-12-9-18(13-21(20)30-5)24(29)32-14-22(28)25-23-16(3)26-27(17(23)4)19-10-7-15(2)8-11-19/h7-13H,6,14H2,1-5H3,(H,25,28). The summed E-state index contributed by atoms with van der Waals surface area (Å²) in [5.74, 6) is -0.141. The molecule has 0 aliphatic carbocycles. The molecule has 8 heteroatoms. The summed E-state index contributed by atoms with van der Waals surface area (Å²) < 4.78 is 17.6. The fraction of sp³-hybridized carbons (Fsp3) is 0.292. The summed E-state index contributed by atoms with van der Waals surface area (Å²) in [6.07, 6.45) is 0. The highest BCUT2D eigenvalue weighted by atomic mass is 16.5. The van der Waals surface area contributed by atoms with Crippen LogP contribution in [0.5, 0.6) is 11.5 Å². The van der Waals surface area contributed by atoms with E-state index in [1.807, 2.05) is 52.0 Å². The summed E-state index contributed by atoms with van der Waals surface area (Å²) in [5.41, 5.74) is 4.34. The molecule has 1 heterocycles. The molecular formula is C24H27N3O5. The Hall–Kier alpha value is -3.81. The number of rotatable bonds is 8. The fourth-order valence-electron chi connectivity index (χ4n) is 3.22. The first-order valence-corrected chi connectivity index (χ1v) is 10.2. The van der Waals surface area contributed by atoms with Gasteiger partial charge in [0.2, 0.25) is 0 Å². The topological polar surface area (TPSA) is 91.7 Å². The molecule has 0 aliphatic rings. The zero-order chi connectivity index (χ0) is 23.3. The maximum atomic E-state index is 12.4. The van der Waals surface area contributed by atoms with Crippen LogP contribution >= 0.6 is 0 Å². The predicted molar refractivity (Wildman–Crippen MR) is 121 cm³/mol. The van der Waals surface area contributed by atoms with Crippen LogP contribution in [0.2, 0.25) is 0 Å². The van der Waals surface area contributed by atoms with E-state index in [1.165, 1.54) is 13.2 Å². The zero-order valence-corrected chi connectivity index (χ0v) is 18.9. The van der Waals surface area contributed by atoms with Gasteiger partial charge < -0.3 is 19.5 Å². The number of nitrogens with one attached hydrogen (secondary N) is 1. The quantitative estimate of drug-likeness (QED) is 0.536. The first-order valence-electron chi connectivity index (χ1n) is 10.2. The van der Waals surface area contributed by atoms with E-state index < -0.39 is 18.5 Å². The molecule has 0 saturated carbocycles. The molecule has 1 aromatic heterocycles. The van der Waals surface area contributed by atoms with Crippen LogP contribution in [0.3, 0.4) is 0 Å². The van der Waals surface area contributed by atoms with Crippen molar-refractivity contribution in [2.45, 2.75) is 27.7 Å². The lowest BCUT2D eigenvalue weighted by Crippen LogP contribution is -2.21. The van der Waals surface area contributed by atoms with Gasteiger partial charge >= 0.3 is 5.97 Å². The first kappa shape index (κ1) is 22.9. The van der Waals surface area contributed by atoms with Gasteiger partial charge in [0.15, 0.2) is 18.1 Å². The smallest absolute Gasteiger partial charge is 0.338 e. The van der Waals surface area contributed by atoms with Crippen LogP contribution in [-0.2, 0) is 9.53 Å². The second-order valence-electron chi connectivity index (χ2n) is 7.22. The number of methoxy groups -OCH3 is 1. The number of carbonyl (C=O) groups excluding carboxylic acids is 2. The summed E-state index contributed by atoms with van der Waals surface area (Å²) in [6, 6.07) is 12.6. The number of nitrogens with zero attached hydrogens (tertiary/aromatic N) is 2. The minimum atomic E-state index is -0.634. The maximum absolute atomic E-state index is 12.4. The molecule has 0 bridgehead atoms. The molecule has 8 nitrogen and oxygen atoms in total. The maximum Gasteiger partial charge on any atom is 0.338 e. The van der Waals surface area contributed by atoms with E-state index in [4.69, 9.17) is 14.2 Å². The lowest BCUT2D eigenvalue weighted by molar-refractivity contribution is -0.119. The number of esters is 1. The number of benzene rings is 2. The average molecular weight is 437 g/mol. The second kappa shape index (κ2) is 10.00. The lowest BCUT2D eigenvalue weighted by Gasteiger charge is -2.11. The number of amides is 1. The third-order valence-corrected chi connectivity index (χ3v) is 4.87. The number of hydrogen-bond donors (Lipinski definition) is 1. The van der Waals surface area contributed by atoms with Crippen LogP contribution < -0.4 is 14.8 Å². The normalized spacial score (nSPS) is 10.5. The largest absolute Gasteiger partial charge is 0.493 e. The Kier molecular flexibility index (Phi) is 7.14. The van der Waals surface area contributed by atoms with Crippen molar-refractivity contribution in [3.05, 3.63) is 65.0 Å². The Labute approximate surface area is 187 Å². The SMILES string of the molecule is CCOc1ccc(C(=O)OCC(=O)Nc2c(C)nn(-c3ccc(C)cc3)c2C)cc1OC. The zero-order valence-electron chi connectivity index (χ0n) is 18.9. The van der Waals surface area contributed by atoms with E-state index in [1.54, 1.807) is 16.8 Å². The summed E-state index contributed by atoms with van der Waals surface area (Å²) in [5, 5.41) is 7.31. The second-order valence-corrected chi connectivity index (χ2v) is 7.22. The van der Waals surface area contributed by atoms with Crippen LogP contribution in [0.4, 0.5) is 5.69 Å². The Bertz CT molecular complexity index is 1120. The Morgan fingerprint density at radius 3 is 2.41 bits per heavy atom. The van der Waals surface area contributed by atoms with Crippen molar-refractivity contribution in [1.29, 1.82) is 0 Å². The molecule has 3 aromatic rings. The Balaban J connectivity index is 1.65. The number of ether oxygens (including phenoxy) is 3. The van der Waals surface area contributed by atoms with E-state index in [9.17, 15) is 9.59 Å². The summed E-state index contributed by atoms with van der Waals surface area (Å²) >= 11 is 0. The summed E-state index contributed by atoms with van der Waals surface area (Å²) in [6.45, 7) is 7.59. The van der Waals surface area contributed by atoms with Crippen molar-refractivity contribution in [3.63, 3.8) is 0 Å². The summed E-state index contributed by atoms with van der Waals surface area (Å²) in [7, 11) is 1.49. The monoisotopic (exact) mass is 437 g/mol.